The third-order valence-corrected chi connectivity index (χ3v) is 3.62. The van der Waals surface area contributed by atoms with Gasteiger partial charge in [-0.1, -0.05) is 0 Å². The van der Waals surface area contributed by atoms with Crippen molar-refractivity contribution in [1.29, 1.82) is 0 Å². The molecule has 1 heterocycles. The monoisotopic (exact) mass is 252 g/mol. The minimum Gasteiger partial charge on any atom is -0.353 e. The Kier molecular flexibility index (Phi) is 4.57. The summed E-state index contributed by atoms with van der Waals surface area (Å²) in [7, 11) is 0. The molecule has 0 spiro atoms. The molecule has 1 aromatic rings. The van der Waals surface area contributed by atoms with Crippen molar-refractivity contribution in [2.45, 2.75) is 44.7 Å². The highest BCUT2D eigenvalue weighted by molar-refractivity contribution is 7.07. The molecule has 1 saturated carbocycles. The lowest BCUT2D eigenvalue weighted by molar-refractivity contribution is -0.121. The number of nitrogens with one attached hydrogen (secondary N) is 2. The molecule has 1 aliphatic rings. The van der Waals surface area contributed by atoms with Crippen LogP contribution in [0.3, 0.4) is 0 Å². The van der Waals surface area contributed by atoms with E-state index in [0.29, 0.717) is 12.5 Å². The topological polar surface area (TPSA) is 41.1 Å². The highest BCUT2D eigenvalue weighted by atomic mass is 32.1. The summed E-state index contributed by atoms with van der Waals surface area (Å²) < 4.78 is 0. The van der Waals surface area contributed by atoms with Crippen LogP contribution in [0.5, 0.6) is 0 Å². The summed E-state index contributed by atoms with van der Waals surface area (Å²) in [6.45, 7) is 2.87. The third kappa shape index (κ3) is 4.88. The maximum atomic E-state index is 11.6. The van der Waals surface area contributed by atoms with Gasteiger partial charge in [-0.05, 0) is 48.6 Å². The second-order valence-electron chi connectivity index (χ2n) is 4.78. The Hall–Kier alpha value is -0.870. The quantitative estimate of drug-likeness (QED) is 0.778. The maximum Gasteiger partial charge on any atom is 0.221 e. The van der Waals surface area contributed by atoms with Gasteiger partial charge in [0.1, 0.15) is 0 Å². The van der Waals surface area contributed by atoms with Gasteiger partial charge in [-0.15, -0.1) is 0 Å². The minimum atomic E-state index is 0.154. The van der Waals surface area contributed by atoms with Gasteiger partial charge in [0.2, 0.25) is 5.91 Å². The zero-order chi connectivity index (χ0) is 12.1. The molecule has 0 bridgehead atoms. The van der Waals surface area contributed by atoms with E-state index in [2.05, 4.69) is 34.4 Å². The van der Waals surface area contributed by atoms with Crippen LogP contribution >= 0.6 is 11.3 Å². The molecule has 1 aromatic heterocycles. The molecule has 17 heavy (non-hydrogen) atoms. The minimum absolute atomic E-state index is 0.154. The van der Waals surface area contributed by atoms with E-state index < -0.39 is 0 Å². The van der Waals surface area contributed by atoms with Crippen molar-refractivity contribution in [3.8, 4) is 0 Å². The number of amides is 1. The summed E-state index contributed by atoms with van der Waals surface area (Å²) in [5, 5.41) is 10.6. The second-order valence-corrected chi connectivity index (χ2v) is 5.56. The third-order valence-electron chi connectivity index (χ3n) is 2.89. The summed E-state index contributed by atoms with van der Waals surface area (Å²) in [6.07, 6.45) is 4.06. The van der Waals surface area contributed by atoms with Crippen molar-refractivity contribution < 1.29 is 4.79 Å². The predicted molar refractivity (Wildman–Crippen MR) is 71.3 cm³/mol. The molecule has 1 unspecified atom stereocenters. The Labute approximate surface area is 107 Å². The number of thiophene rings is 1. The van der Waals surface area contributed by atoms with E-state index in [0.717, 1.165) is 13.0 Å². The van der Waals surface area contributed by atoms with E-state index in [1.165, 1.54) is 18.4 Å². The van der Waals surface area contributed by atoms with Crippen molar-refractivity contribution in [3.05, 3.63) is 22.4 Å². The van der Waals surface area contributed by atoms with Crippen LogP contribution in [-0.2, 0) is 11.2 Å². The fourth-order valence-electron chi connectivity index (χ4n) is 1.84. The summed E-state index contributed by atoms with van der Waals surface area (Å²) >= 11 is 1.70. The number of carbonyl (C=O) groups excluding carboxylic acids is 1. The molecule has 0 aliphatic heterocycles. The molecule has 1 fully saturated rings. The Bertz CT molecular complexity index is 346. The Morgan fingerprint density at radius 1 is 1.59 bits per heavy atom. The van der Waals surface area contributed by atoms with Gasteiger partial charge in [0.05, 0.1) is 0 Å². The zero-order valence-electron chi connectivity index (χ0n) is 10.2. The van der Waals surface area contributed by atoms with E-state index in [4.69, 9.17) is 0 Å². The average Bonchev–Trinajstić information content (AvgIpc) is 2.95. The SMILES string of the molecule is CC(Cc1ccsc1)NC(=O)CCNC1CC1. The van der Waals surface area contributed by atoms with Crippen molar-refractivity contribution in [2.24, 2.45) is 0 Å². The molecule has 1 amide bonds. The van der Waals surface area contributed by atoms with Crippen LogP contribution in [0.15, 0.2) is 16.8 Å². The van der Waals surface area contributed by atoms with E-state index in [9.17, 15) is 4.79 Å². The number of hydrogen-bond acceptors (Lipinski definition) is 3. The number of rotatable bonds is 7. The first-order chi connectivity index (χ1) is 8.24. The highest BCUT2D eigenvalue weighted by Crippen LogP contribution is 2.18. The second kappa shape index (κ2) is 6.17. The van der Waals surface area contributed by atoms with Gasteiger partial charge in [-0.2, -0.15) is 11.3 Å². The summed E-state index contributed by atoms with van der Waals surface area (Å²) in [6, 6.07) is 3.02. The Morgan fingerprint density at radius 3 is 3.06 bits per heavy atom. The molecule has 4 heteroatoms. The average molecular weight is 252 g/mol. The van der Waals surface area contributed by atoms with Crippen LogP contribution in [0.4, 0.5) is 0 Å². The standard InChI is InChI=1S/C13H20N2OS/c1-10(8-11-5-7-17-9-11)15-13(16)4-6-14-12-2-3-12/h5,7,9-10,12,14H,2-4,6,8H2,1H3,(H,15,16). The summed E-state index contributed by atoms with van der Waals surface area (Å²) in [5.74, 6) is 0.154. The number of carbonyl (C=O) groups is 1. The molecule has 2 rings (SSSR count). The Balaban J connectivity index is 1.59. The van der Waals surface area contributed by atoms with Crippen LogP contribution in [0, 0.1) is 0 Å². The smallest absolute Gasteiger partial charge is 0.221 e. The molecule has 0 aromatic carbocycles. The molecule has 1 atom stereocenters. The lowest BCUT2D eigenvalue weighted by Gasteiger charge is -2.13. The molecular weight excluding hydrogens is 232 g/mol. The first kappa shape index (κ1) is 12.6. The van der Waals surface area contributed by atoms with Gasteiger partial charge in [0, 0.05) is 25.0 Å². The lowest BCUT2D eigenvalue weighted by Crippen LogP contribution is -2.35. The zero-order valence-corrected chi connectivity index (χ0v) is 11.1. The first-order valence-corrected chi connectivity index (χ1v) is 7.22. The molecule has 0 saturated heterocycles. The van der Waals surface area contributed by atoms with E-state index in [1.54, 1.807) is 11.3 Å². The largest absolute Gasteiger partial charge is 0.353 e. The van der Waals surface area contributed by atoms with Crippen LogP contribution in [0.25, 0.3) is 0 Å². The van der Waals surface area contributed by atoms with Crippen LogP contribution in [-0.4, -0.2) is 24.5 Å². The molecule has 1 aliphatic carbocycles. The summed E-state index contributed by atoms with van der Waals surface area (Å²) in [5.41, 5.74) is 1.30. The molecule has 94 valence electrons. The maximum absolute atomic E-state index is 11.6. The fraction of sp³-hybridized carbons (Fsp3) is 0.615. The van der Waals surface area contributed by atoms with Crippen molar-refractivity contribution in [1.82, 2.24) is 10.6 Å². The van der Waals surface area contributed by atoms with E-state index in [-0.39, 0.29) is 11.9 Å². The van der Waals surface area contributed by atoms with Crippen molar-refractivity contribution >= 4 is 17.2 Å². The van der Waals surface area contributed by atoms with Gasteiger partial charge in [0.15, 0.2) is 0 Å². The van der Waals surface area contributed by atoms with Gasteiger partial charge >= 0.3 is 0 Å². The normalized spacial score (nSPS) is 16.8. The van der Waals surface area contributed by atoms with Gasteiger partial charge < -0.3 is 10.6 Å². The lowest BCUT2D eigenvalue weighted by atomic mass is 10.1. The molecule has 2 N–H and O–H groups in total. The first-order valence-electron chi connectivity index (χ1n) is 6.28. The molecular formula is C13H20N2OS. The molecule has 0 radical (unpaired) electrons. The predicted octanol–water partition coefficient (Wildman–Crippen LogP) is 1.94. The molecule has 3 nitrogen and oxygen atoms in total. The van der Waals surface area contributed by atoms with E-state index in [1.807, 2.05) is 0 Å². The van der Waals surface area contributed by atoms with Crippen molar-refractivity contribution in [2.75, 3.05) is 6.54 Å². The van der Waals surface area contributed by atoms with Crippen molar-refractivity contribution in [3.63, 3.8) is 0 Å². The van der Waals surface area contributed by atoms with Crippen LogP contribution in [0.2, 0.25) is 0 Å². The van der Waals surface area contributed by atoms with E-state index >= 15 is 0 Å². The van der Waals surface area contributed by atoms with Gasteiger partial charge in [-0.3, -0.25) is 4.79 Å². The number of hydrogen-bond donors (Lipinski definition) is 2. The van der Waals surface area contributed by atoms with Crippen LogP contribution in [0.1, 0.15) is 31.7 Å². The summed E-state index contributed by atoms with van der Waals surface area (Å²) in [4.78, 5) is 11.6. The van der Waals surface area contributed by atoms with Gasteiger partial charge in [-0.25, -0.2) is 0 Å². The Morgan fingerprint density at radius 2 is 2.41 bits per heavy atom. The van der Waals surface area contributed by atoms with Gasteiger partial charge in [0.25, 0.3) is 0 Å². The fourth-order valence-corrected chi connectivity index (χ4v) is 2.52. The highest BCUT2D eigenvalue weighted by Gasteiger charge is 2.20. The van der Waals surface area contributed by atoms with Crippen LogP contribution < -0.4 is 10.6 Å².